The van der Waals surface area contributed by atoms with Crippen molar-refractivity contribution in [3.63, 3.8) is 0 Å². The molecule has 1 unspecified atom stereocenters. The lowest BCUT2D eigenvalue weighted by Crippen LogP contribution is -2.14. The minimum absolute atomic E-state index is 0.108. The summed E-state index contributed by atoms with van der Waals surface area (Å²) in [4.78, 5) is 10.8. The number of carbonyl (C=O) groups is 1. The van der Waals surface area contributed by atoms with Gasteiger partial charge in [-0.3, -0.25) is 0 Å². The molecule has 0 amide bonds. The van der Waals surface area contributed by atoms with Gasteiger partial charge in [0.25, 0.3) is 0 Å². The maximum Gasteiger partial charge on any atom is 0.337 e. The normalized spacial score (nSPS) is 16.9. The number of benzene rings is 1. The molecule has 2 N–H and O–H groups in total. The molecule has 6 heteroatoms. The van der Waals surface area contributed by atoms with Gasteiger partial charge in [0.05, 0.1) is 18.2 Å². The van der Waals surface area contributed by atoms with E-state index in [4.69, 9.17) is 26.2 Å². The van der Waals surface area contributed by atoms with Gasteiger partial charge < -0.3 is 19.7 Å². The Bertz CT molecular complexity index is 497. The van der Waals surface area contributed by atoms with Crippen LogP contribution in [0.15, 0.2) is 12.1 Å². The Morgan fingerprint density at radius 3 is 2.60 bits per heavy atom. The summed E-state index contributed by atoms with van der Waals surface area (Å²) < 4.78 is 11.0. The molecule has 2 rings (SSSR count). The van der Waals surface area contributed by atoms with Crippen LogP contribution in [0.1, 0.15) is 37.4 Å². The van der Waals surface area contributed by atoms with Gasteiger partial charge in [-0.05, 0) is 43.4 Å². The van der Waals surface area contributed by atoms with Crippen molar-refractivity contribution in [1.29, 1.82) is 0 Å². The molecule has 0 saturated heterocycles. The third-order valence-electron chi connectivity index (χ3n) is 3.39. The van der Waals surface area contributed by atoms with Gasteiger partial charge >= 0.3 is 5.97 Å². The number of hydrogen-bond acceptors (Lipinski definition) is 4. The minimum atomic E-state index is -1.64. The molecule has 5 nitrogen and oxygen atoms in total. The van der Waals surface area contributed by atoms with Crippen molar-refractivity contribution >= 4 is 17.6 Å². The van der Waals surface area contributed by atoms with Gasteiger partial charge in [-0.15, -0.1) is 0 Å². The molecule has 1 fully saturated rings. The van der Waals surface area contributed by atoms with E-state index in [0.29, 0.717) is 11.5 Å². The smallest absolute Gasteiger partial charge is 0.337 e. The number of aliphatic hydroxyl groups excluding tert-OH is 1. The molecule has 1 aromatic rings. The molecule has 0 aromatic heterocycles. The zero-order valence-electron chi connectivity index (χ0n) is 11.1. The van der Waals surface area contributed by atoms with Crippen LogP contribution in [-0.4, -0.2) is 29.4 Å². The lowest BCUT2D eigenvalue weighted by molar-refractivity contribution is -0.146. The number of carboxylic acids is 1. The number of halogens is 1. The van der Waals surface area contributed by atoms with Crippen molar-refractivity contribution in [1.82, 2.24) is 0 Å². The molecule has 0 spiro atoms. The summed E-state index contributed by atoms with van der Waals surface area (Å²) in [5.74, 6) is -0.602. The highest BCUT2D eigenvalue weighted by molar-refractivity contribution is 6.32. The summed E-state index contributed by atoms with van der Waals surface area (Å²) in [5.41, 5.74) is 0.165. The van der Waals surface area contributed by atoms with Crippen LogP contribution in [-0.2, 0) is 4.79 Å². The number of hydrogen-bond donors (Lipinski definition) is 2. The monoisotopic (exact) mass is 300 g/mol. The summed E-state index contributed by atoms with van der Waals surface area (Å²) in [7, 11) is 1.45. The van der Waals surface area contributed by atoms with Crippen molar-refractivity contribution in [2.24, 2.45) is 0 Å². The first kappa shape index (κ1) is 14.9. The Morgan fingerprint density at radius 1 is 1.40 bits per heavy atom. The van der Waals surface area contributed by atoms with Crippen LogP contribution >= 0.6 is 11.6 Å². The fourth-order valence-electron chi connectivity index (χ4n) is 2.33. The Kier molecular flexibility index (Phi) is 4.73. The second kappa shape index (κ2) is 6.33. The van der Waals surface area contributed by atoms with E-state index < -0.39 is 12.1 Å². The first-order valence-corrected chi connectivity index (χ1v) is 6.85. The Hall–Kier alpha value is -1.46. The third kappa shape index (κ3) is 3.16. The van der Waals surface area contributed by atoms with E-state index in [-0.39, 0.29) is 16.7 Å². The van der Waals surface area contributed by atoms with Gasteiger partial charge in [0, 0.05) is 0 Å². The molecule has 1 aliphatic rings. The van der Waals surface area contributed by atoms with Crippen molar-refractivity contribution in [2.45, 2.75) is 37.9 Å². The maximum absolute atomic E-state index is 10.8. The van der Waals surface area contributed by atoms with E-state index in [9.17, 15) is 9.90 Å². The van der Waals surface area contributed by atoms with Gasteiger partial charge in [0.15, 0.2) is 17.6 Å². The van der Waals surface area contributed by atoms with Crippen LogP contribution in [0, 0.1) is 0 Å². The van der Waals surface area contributed by atoms with E-state index in [2.05, 4.69) is 0 Å². The second-order valence-electron chi connectivity index (χ2n) is 4.80. The fourth-order valence-corrected chi connectivity index (χ4v) is 2.59. The van der Waals surface area contributed by atoms with E-state index >= 15 is 0 Å². The van der Waals surface area contributed by atoms with Gasteiger partial charge in [0.2, 0.25) is 0 Å². The van der Waals surface area contributed by atoms with Crippen molar-refractivity contribution < 1.29 is 24.5 Å². The maximum atomic E-state index is 10.8. The van der Waals surface area contributed by atoms with Gasteiger partial charge in [-0.2, -0.15) is 0 Å². The number of aliphatic carboxylic acids is 1. The molecule has 1 atom stereocenters. The predicted octanol–water partition coefficient (Wildman–Crippen LogP) is 2.79. The molecule has 0 aliphatic heterocycles. The van der Waals surface area contributed by atoms with E-state index in [1.165, 1.54) is 19.2 Å². The largest absolute Gasteiger partial charge is 0.493 e. The highest BCUT2D eigenvalue weighted by atomic mass is 35.5. The second-order valence-corrected chi connectivity index (χ2v) is 5.21. The molecule has 0 heterocycles. The summed E-state index contributed by atoms with van der Waals surface area (Å²) in [6, 6.07) is 2.84. The lowest BCUT2D eigenvalue weighted by atomic mass is 10.1. The first-order valence-electron chi connectivity index (χ1n) is 6.48. The molecule has 20 heavy (non-hydrogen) atoms. The first-order chi connectivity index (χ1) is 9.52. The van der Waals surface area contributed by atoms with Crippen LogP contribution in [0.5, 0.6) is 11.5 Å². The topological polar surface area (TPSA) is 76.0 Å². The predicted molar refractivity (Wildman–Crippen MR) is 73.5 cm³/mol. The van der Waals surface area contributed by atoms with Gasteiger partial charge in [-0.25, -0.2) is 4.79 Å². The molecule has 1 saturated carbocycles. The molecule has 0 radical (unpaired) electrons. The molecular weight excluding hydrogens is 284 g/mol. The van der Waals surface area contributed by atoms with E-state index in [0.717, 1.165) is 25.7 Å². The Morgan fingerprint density at radius 2 is 2.05 bits per heavy atom. The summed E-state index contributed by atoms with van der Waals surface area (Å²) >= 11 is 6.13. The summed E-state index contributed by atoms with van der Waals surface area (Å²) in [5, 5.41) is 18.6. The summed E-state index contributed by atoms with van der Waals surface area (Å²) in [6.07, 6.45) is 2.66. The molecule has 1 aromatic carbocycles. The molecule has 1 aliphatic carbocycles. The van der Waals surface area contributed by atoms with Gasteiger partial charge in [-0.1, -0.05) is 11.6 Å². The number of ether oxygens (including phenoxy) is 2. The van der Waals surface area contributed by atoms with E-state index in [1.54, 1.807) is 0 Å². The highest BCUT2D eigenvalue weighted by Crippen LogP contribution is 2.40. The minimum Gasteiger partial charge on any atom is -0.493 e. The van der Waals surface area contributed by atoms with Crippen LogP contribution in [0.25, 0.3) is 0 Å². The average Bonchev–Trinajstić information content (AvgIpc) is 2.92. The van der Waals surface area contributed by atoms with Crippen LogP contribution in [0.4, 0.5) is 0 Å². The summed E-state index contributed by atoms with van der Waals surface area (Å²) in [6.45, 7) is 0. The zero-order valence-corrected chi connectivity index (χ0v) is 11.9. The number of carboxylic acid groups (broad SMARTS) is 1. The molecule has 0 bridgehead atoms. The average molecular weight is 301 g/mol. The van der Waals surface area contributed by atoms with Crippen molar-refractivity contribution in [3.05, 3.63) is 22.7 Å². The molecular formula is C14H17ClO5. The standard InChI is InChI=1S/C14H17ClO5/c1-19-11-7-8(12(16)14(17)18)6-10(15)13(11)20-9-4-2-3-5-9/h6-7,9,12,16H,2-5H2,1H3,(H,17,18). The van der Waals surface area contributed by atoms with Gasteiger partial charge in [0.1, 0.15) is 0 Å². The SMILES string of the molecule is COc1cc(C(O)C(=O)O)cc(Cl)c1OC1CCCC1. The number of rotatable bonds is 5. The lowest BCUT2D eigenvalue weighted by Gasteiger charge is -2.18. The van der Waals surface area contributed by atoms with Crippen LogP contribution in [0.3, 0.4) is 0 Å². The fraction of sp³-hybridized carbons (Fsp3) is 0.500. The van der Waals surface area contributed by atoms with Crippen LogP contribution < -0.4 is 9.47 Å². The zero-order chi connectivity index (χ0) is 14.7. The number of methoxy groups -OCH3 is 1. The Balaban J connectivity index is 2.30. The third-order valence-corrected chi connectivity index (χ3v) is 3.67. The number of aliphatic hydroxyl groups is 1. The van der Waals surface area contributed by atoms with Crippen molar-refractivity contribution in [2.75, 3.05) is 7.11 Å². The Labute approximate surface area is 122 Å². The quantitative estimate of drug-likeness (QED) is 0.874. The van der Waals surface area contributed by atoms with Crippen molar-refractivity contribution in [3.8, 4) is 11.5 Å². The van der Waals surface area contributed by atoms with Crippen LogP contribution in [0.2, 0.25) is 5.02 Å². The molecule has 110 valence electrons. The highest BCUT2D eigenvalue weighted by Gasteiger charge is 2.24. The van der Waals surface area contributed by atoms with E-state index in [1.807, 2.05) is 0 Å².